The van der Waals surface area contributed by atoms with Crippen molar-refractivity contribution in [2.45, 2.75) is 17.3 Å². The lowest BCUT2D eigenvalue weighted by molar-refractivity contribution is 0.218. The third-order valence-corrected chi connectivity index (χ3v) is 12.3. The lowest BCUT2D eigenvalue weighted by Gasteiger charge is -2.50. The fourth-order valence-electron chi connectivity index (χ4n) is 10.7. The summed E-state index contributed by atoms with van der Waals surface area (Å²) in [6, 6.07) is 47.5. The van der Waals surface area contributed by atoms with E-state index in [1.165, 1.54) is 82.2 Å². The molecular weight excluding hydrogens is 597 g/mol. The Morgan fingerprint density at radius 1 is 0.571 bits per heavy atom. The first-order valence-corrected chi connectivity index (χ1v) is 17.3. The molecule has 1 spiro atoms. The van der Waals surface area contributed by atoms with Gasteiger partial charge in [0, 0.05) is 22.0 Å². The lowest BCUT2D eigenvalue weighted by Crippen LogP contribution is -2.65. The van der Waals surface area contributed by atoms with Gasteiger partial charge in [-0.25, -0.2) is 0 Å². The van der Waals surface area contributed by atoms with Gasteiger partial charge in [-0.15, -0.1) is 0 Å². The molecule has 0 radical (unpaired) electrons. The number of nitrogens with zero attached hydrogens (tertiary/aromatic N) is 1. The summed E-state index contributed by atoms with van der Waals surface area (Å²) in [6.45, 7) is 0.169. The monoisotopic (exact) mass is 623 g/mol. The van der Waals surface area contributed by atoms with Crippen LogP contribution in [0, 0.1) is 0 Å². The van der Waals surface area contributed by atoms with Crippen LogP contribution in [0.2, 0.25) is 5.82 Å². The first-order chi connectivity index (χ1) is 24.3. The van der Waals surface area contributed by atoms with Gasteiger partial charge in [0.25, 0.3) is 0 Å². The summed E-state index contributed by atoms with van der Waals surface area (Å²) in [5.41, 5.74) is 11.1. The number of fused-ring (bicyclic) bond motifs is 7. The zero-order valence-corrected chi connectivity index (χ0v) is 26.4. The van der Waals surface area contributed by atoms with E-state index in [2.05, 4.69) is 150 Å². The number of rotatable bonds is 1. The van der Waals surface area contributed by atoms with E-state index in [1.54, 1.807) is 0 Å². The third kappa shape index (κ3) is 2.69. The maximum absolute atomic E-state index is 6.86. The molecule has 5 aliphatic rings. The van der Waals surface area contributed by atoms with E-state index in [-0.39, 0.29) is 18.6 Å². The normalized spacial score (nSPS) is 21.5. The van der Waals surface area contributed by atoms with E-state index in [0.717, 1.165) is 17.3 Å². The minimum absolute atomic E-state index is 0.0515. The summed E-state index contributed by atoms with van der Waals surface area (Å²) in [7, 11) is 0. The van der Waals surface area contributed by atoms with Crippen LogP contribution in [0.3, 0.4) is 0 Å². The highest BCUT2D eigenvalue weighted by Crippen LogP contribution is 2.59. The molecule has 0 N–H and O–H groups in total. The summed E-state index contributed by atoms with van der Waals surface area (Å²) in [5, 5.41) is 7.78. The van der Waals surface area contributed by atoms with Crippen molar-refractivity contribution in [2.75, 3.05) is 0 Å². The van der Waals surface area contributed by atoms with Crippen molar-refractivity contribution in [2.24, 2.45) is 0 Å². The van der Waals surface area contributed by atoms with Crippen LogP contribution in [-0.2, 0) is 5.41 Å². The molecule has 0 bridgehead atoms. The van der Waals surface area contributed by atoms with Crippen molar-refractivity contribution in [1.29, 1.82) is 0 Å². The first-order valence-electron chi connectivity index (χ1n) is 17.3. The van der Waals surface area contributed by atoms with E-state index in [0.29, 0.717) is 0 Å². The van der Waals surface area contributed by atoms with Crippen LogP contribution < -0.4 is 20.4 Å². The van der Waals surface area contributed by atoms with E-state index < -0.39 is 5.41 Å². The Hall–Kier alpha value is -6.00. The molecular formula is C45H26BNO2. The number of allylic oxidation sites excluding steroid dienone is 2. The van der Waals surface area contributed by atoms with Crippen LogP contribution in [0.5, 0.6) is 11.5 Å². The SMILES string of the molecule is C1=CC2Oc3cccc4c3B3c5c(cccc5C45c4cccc6ccc7c(-n8c9ccccc9c9ccccc98)ccc5c7c46)OC(=C1)C32. The smallest absolute Gasteiger partial charge is 0.235 e. The van der Waals surface area contributed by atoms with Crippen LogP contribution >= 0.6 is 0 Å². The van der Waals surface area contributed by atoms with E-state index >= 15 is 0 Å². The fraction of sp³-hybridized carbons (Fsp3) is 0.0667. The van der Waals surface area contributed by atoms with Crippen molar-refractivity contribution in [1.82, 2.24) is 4.57 Å². The second-order valence-corrected chi connectivity index (χ2v) is 14.2. The lowest BCUT2D eigenvalue weighted by atomic mass is 9.25. The molecule has 3 aliphatic heterocycles. The van der Waals surface area contributed by atoms with Crippen molar-refractivity contribution in [3.8, 4) is 17.2 Å². The minimum Gasteiger partial charge on any atom is -0.487 e. The van der Waals surface area contributed by atoms with Crippen LogP contribution in [0.1, 0.15) is 22.3 Å². The average molecular weight is 624 g/mol. The quantitative estimate of drug-likeness (QED) is 0.135. The molecule has 226 valence electrons. The van der Waals surface area contributed by atoms with Gasteiger partial charge in [0.1, 0.15) is 23.4 Å². The molecule has 4 heteroatoms. The molecule has 13 rings (SSSR count). The van der Waals surface area contributed by atoms with Gasteiger partial charge in [-0.1, -0.05) is 103 Å². The van der Waals surface area contributed by atoms with Gasteiger partial charge >= 0.3 is 0 Å². The molecule has 7 aromatic carbocycles. The predicted octanol–water partition coefficient (Wildman–Crippen LogP) is 8.69. The molecule has 3 nitrogen and oxygen atoms in total. The standard InChI is InChI=1S/C45H26BNO2/c1-3-15-33-26(10-1)27-11-2-4-16-34(27)47(33)35-24-23-30-41-28(35)22-21-25-9-5-12-29(40(25)41)45(30)31-13-6-17-36-42(31)46-43-32(45)14-7-18-37(43)49-39-20-8-19-38(48-36)44(39)46/h1-24,38,44H. The van der Waals surface area contributed by atoms with Crippen LogP contribution in [0.4, 0.5) is 0 Å². The maximum Gasteiger partial charge on any atom is 0.235 e. The van der Waals surface area contributed by atoms with Gasteiger partial charge in [-0.3, -0.25) is 0 Å². The maximum atomic E-state index is 6.86. The van der Waals surface area contributed by atoms with Gasteiger partial charge in [-0.2, -0.15) is 0 Å². The summed E-state index contributed by atoms with van der Waals surface area (Å²) in [6.07, 6.45) is 6.38. The topological polar surface area (TPSA) is 23.4 Å². The Morgan fingerprint density at radius 2 is 1.27 bits per heavy atom. The Kier molecular flexibility index (Phi) is 4.27. The highest BCUT2D eigenvalue weighted by Gasteiger charge is 2.59. The largest absolute Gasteiger partial charge is 0.487 e. The zero-order chi connectivity index (χ0) is 31.6. The van der Waals surface area contributed by atoms with Gasteiger partial charge in [0.05, 0.1) is 22.1 Å². The molecule has 4 heterocycles. The van der Waals surface area contributed by atoms with Gasteiger partial charge in [0.2, 0.25) is 6.71 Å². The second-order valence-electron chi connectivity index (χ2n) is 14.2. The van der Waals surface area contributed by atoms with Gasteiger partial charge < -0.3 is 14.0 Å². The molecule has 0 saturated carbocycles. The molecule has 3 atom stereocenters. The molecule has 1 aromatic heterocycles. The van der Waals surface area contributed by atoms with E-state index in [1.807, 2.05) is 0 Å². The molecule has 3 unspecified atom stereocenters. The van der Waals surface area contributed by atoms with Crippen molar-refractivity contribution >= 4 is 61.0 Å². The molecule has 8 aromatic rings. The van der Waals surface area contributed by atoms with E-state index in [9.17, 15) is 0 Å². The Labute approximate surface area is 282 Å². The molecule has 49 heavy (non-hydrogen) atoms. The third-order valence-electron chi connectivity index (χ3n) is 12.3. The fourth-order valence-corrected chi connectivity index (χ4v) is 10.7. The van der Waals surface area contributed by atoms with Gasteiger partial charge in [0.15, 0.2) is 0 Å². The molecule has 0 fully saturated rings. The Morgan fingerprint density at radius 3 is 2.08 bits per heavy atom. The summed E-state index contributed by atoms with van der Waals surface area (Å²) >= 11 is 0. The number of ether oxygens (including phenoxy) is 2. The highest BCUT2D eigenvalue weighted by molar-refractivity contribution is 6.90. The van der Waals surface area contributed by atoms with Crippen LogP contribution in [0.15, 0.2) is 151 Å². The molecule has 0 amide bonds. The average Bonchev–Trinajstić information content (AvgIpc) is 3.64. The number of aromatic nitrogens is 1. The first kappa shape index (κ1) is 25.1. The van der Waals surface area contributed by atoms with Gasteiger partial charge in [-0.05, 0) is 91.8 Å². The number of hydrogen-bond donors (Lipinski definition) is 0. The summed E-state index contributed by atoms with van der Waals surface area (Å²) in [4.78, 5) is 0. The van der Waals surface area contributed by atoms with Crippen molar-refractivity contribution in [3.05, 3.63) is 174 Å². The van der Waals surface area contributed by atoms with Crippen molar-refractivity contribution < 1.29 is 9.47 Å². The summed E-state index contributed by atoms with van der Waals surface area (Å²) in [5.74, 6) is 3.09. The molecule has 2 aliphatic carbocycles. The minimum atomic E-state index is -0.515. The zero-order valence-electron chi connectivity index (χ0n) is 26.4. The molecule has 0 saturated heterocycles. The Balaban J connectivity index is 1.20. The van der Waals surface area contributed by atoms with Crippen LogP contribution in [0.25, 0.3) is 49.0 Å². The number of hydrogen-bond acceptors (Lipinski definition) is 2. The number of para-hydroxylation sites is 2. The second kappa shape index (κ2) is 8.34. The highest BCUT2D eigenvalue weighted by atomic mass is 16.5. The van der Waals surface area contributed by atoms with Crippen molar-refractivity contribution in [3.63, 3.8) is 0 Å². The number of benzene rings is 7. The predicted molar refractivity (Wildman–Crippen MR) is 199 cm³/mol. The Bertz CT molecular complexity index is 2880. The van der Waals surface area contributed by atoms with E-state index in [4.69, 9.17) is 9.47 Å². The van der Waals surface area contributed by atoms with Crippen LogP contribution in [-0.4, -0.2) is 17.4 Å². The summed E-state index contributed by atoms with van der Waals surface area (Å²) < 4.78 is 16.1.